The molecule has 0 fully saturated rings. The Kier molecular flexibility index (Phi) is 4.20. The van der Waals surface area contributed by atoms with E-state index >= 15 is 0 Å². The van der Waals surface area contributed by atoms with E-state index in [9.17, 15) is 4.79 Å². The van der Waals surface area contributed by atoms with Crippen molar-refractivity contribution in [2.75, 3.05) is 0 Å². The van der Waals surface area contributed by atoms with E-state index in [1.807, 2.05) is 54.6 Å². The van der Waals surface area contributed by atoms with Gasteiger partial charge in [0.15, 0.2) is 0 Å². The van der Waals surface area contributed by atoms with Gasteiger partial charge < -0.3 is 5.32 Å². The van der Waals surface area contributed by atoms with Gasteiger partial charge in [-0.05, 0) is 23.8 Å². The van der Waals surface area contributed by atoms with Crippen molar-refractivity contribution in [3.05, 3.63) is 78.1 Å². The van der Waals surface area contributed by atoms with E-state index in [1.54, 1.807) is 12.3 Å². The maximum Gasteiger partial charge on any atom is 0.244 e. The Morgan fingerprint density at radius 3 is 2.55 bits per heavy atom. The molecule has 1 amide bonds. The van der Waals surface area contributed by atoms with Crippen LogP contribution in [0.4, 0.5) is 0 Å². The molecule has 1 aromatic heterocycles. The van der Waals surface area contributed by atoms with Gasteiger partial charge in [-0.2, -0.15) is 0 Å². The third-order valence-corrected chi connectivity index (χ3v) is 3.18. The molecule has 3 rings (SSSR count). The molecule has 0 aliphatic heterocycles. The largest absolute Gasteiger partial charge is 0.348 e. The summed E-state index contributed by atoms with van der Waals surface area (Å²) >= 11 is 0. The first kappa shape index (κ1) is 13.9. The standard InChI is InChI=1S/C18H15N3O/c22-18(20-12-14-6-2-1-3-7-14)11-10-15-13-19-16-8-4-5-9-17(16)21-15/h1-11,13H,12H2,(H,20,22)/b11-10+. The van der Waals surface area contributed by atoms with E-state index in [0.717, 1.165) is 16.6 Å². The average molecular weight is 289 g/mol. The summed E-state index contributed by atoms with van der Waals surface area (Å²) in [5.41, 5.74) is 3.38. The Morgan fingerprint density at radius 1 is 1.00 bits per heavy atom. The first-order valence-corrected chi connectivity index (χ1v) is 7.03. The molecular formula is C18H15N3O. The lowest BCUT2D eigenvalue weighted by Gasteiger charge is -2.02. The van der Waals surface area contributed by atoms with Crippen LogP contribution in [-0.2, 0) is 11.3 Å². The van der Waals surface area contributed by atoms with E-state index < -0.39 is 0 Å². The molecule has 1 heterocycles. The fraction of sp³-hybridized carbons (Fsp3) is 0.0556. The number of hydrogen-bond donors (Lipinski definition) is 1. The lowest BCUT2D eigenvalue weighted by atomic mass is 10.2. The molecule has 22 heavy (non-hydrogen) atoms. The highest BCUT2D eigenvalue weighted by atomic mass is 16.1. The smallest absolute Gasteiger partial charge is 0.244 e. The molecule has 108 valence electrons. The summed E-state index contributed by atoms with van der Waals surface area (Å²) < 4.78 is 0. The molecule has 4 heteroatoms. The van der Waals surface area contributed by atoms with Gasteiger partial charge in [0.2, 0.25) is 5.91 Å². The Hall–Kier alpha value is -3.01. The van der Waals surface area contributed by atoms with E-state index in [0.29, 0.717) is 12.2 Å². The third kappa shape index (κ3) is 3.55. The van der Waals surface area contributed by atoms with Crippen LogP contribution in [0.3, 0.4) is 0 Å². The molecule has 0 spiro atoms. The number of carbonyl (C=O) groups is 1. The number of benzene rings is 2. The van der Waals surface area contributed by atoms with E-state index in [2.05, 4.69) is 15.3 Å². The van der Waals surface area contributed by atoms with Crippen molar-refractivity contribution in [3.8, 4) is 0 Å². The summed E-state index contributed by atoms with van der Waals surface area (Å²) in [7, 11) is 0. The van der Waals surface area contributed by atoms with Crippen LogP contribution in [0.5, 0.6) is 0 Å². The van der Waals surface area contributed by atoms with Gasteiger partial charge in [0.1, 0.15) is 0 Å². The van der Waals surface area contributed by atoms with Crippen LogP contribution in [0.25, 0.3) is 17.1 Å². The first-order chi connectivity index (χ1) is 10.8. The maximum atomic E-state index is 11.8. The molecule has 0 saturated heterocycles. The predicted molar refractivity (Wildman–Crippen MR) is 86.9 cm³/mol. The molecule has 2 aromatic carbocycles. The minimum atomic E-state index is -0.154. The number of rotatable bonds is 4. The molecule has 4 nitrogen and oxygen atoms in total. The normalized spacial score (nSPS) is 10.9. The Morgan fingerprint density at radius 2 is 1.73 bits per heavy atom. The van der Waals surface area contributed by atoms with Crippen molar-refractivity contribution in [3.63, 3.8) is 0 Å². The van der Waals surface area contributed by atoms with Crippen molar-refractivity contribution >= 4 is 23.0 Å². The summed E-state index contributed by atoms with van der Waals surface area (Å²) in [6, 6.07) is 17.4. The Balaban J connectivity index is 1.63. The number of fused-ring (bicyclic) bond motifs is 1. The zero-order chi connectivity index (χ0) is 15.2. The van der Waals surface area contributed by atoms with Crippen LogP contribution in [0, 0.1) is 0 Å². The maximum absolute atomic E-state index is 11.8. The van der Waals surface area contributed by atoms with Crippen LogP contribution in [0.15, 0.2) is 66.9 Å². The Labute approximate surface area is 128 Å². The van der Waals surface area contributed by atoms with Crippen LogP contribution in [0.1, 0.15) is 11.3 Å². The monoisotopic (exact) mass is 289 g/mol. The van der Waals surface area contributed by atoms with Gasteiger partial charge in [0, 0.05) is 12.6 Å². The van der Waals surface area contributed by atoms with E-state index in [4.69, 9.17) is 0 Å². The zero-order valence-corrected chi connectivity index (χ0v) is 11.9. The summed E-state index contributed by atoms with van der Waals surface area (Å²) in [6.45, 7) is 0.507. The van der Waals surface area contributed by atoms with Gasteiger partial charge >= 0.3 is 0 Å². The SMILES string of the molecule is O=C(/C=C/c1cnc2ccccc2n1)NCc1ccccc1. The van der Waals surface area contributed by atoms with Crippen molar-refractivity contribution in [2.24, 2.45) is 0 Å². The van der Waals surface area contributed by atoms with Gasteiger partial charge in [-0.1, -0.05) is 42.5 Å². The quantitative estimate of drug-likeness (QED) is 0.751. The predicted octanol–water partition coefficient (Wildman–Crippen LogP) is 2.96. The molecule has 0 unspecified atom stereocenters. The molecule has 0 aliphatic carbocycles. The second-order valence-corrected chi connectivity index (χ2v) is 4.82. The number of carbonyl (C=O) groups excluding carboxylic acids is 1. The van der Waals surface area contributed by atoms with Crippen molar-refractivity contribution in [1.29, 1.82) is 0 Å². The fourth-order valence-electron chi connectivity index (χ4n) is 2.06. The highest BCUT2D eigenvalue weighted by molar-refractivity contribution is 5.91. The lowest BCUT2D eigenvalue weighted by Crippen LogP contribution is -2.20. The Bertz CT molecular complexity index is 813. The van der Waals surface area contributed by atoms with E-state index in [-0.39, 0.29) is 5.91 Å². The van der Waals surface area contributed by atoms with Crippen molar-refractivity contribution in [1.82, 2.24) is 15.3 Å². The minimum Gasteiger partial charge on any atom is -0.348 e. The molecule has 0 bridgehead atoms. The number of aromatic nitrogens is 2. The highest BCUT2D eigenvalue weighted by Gasteiger charge is 1.98. The molecule has 0 saturated carbocycles. The van der Waals surface area contributed by atoms with Gasteiger partial charge in [-0.15, -0.1) is 0 Å². The molecule has 3 aromatic rings. The summed E-state index contributed by atoms with van der Waals surface area (Å²) in [5.74, 6) is -0.154. The topological polar surface area (TPSA) is 54.9 Å². The summed E-state index contributed by atoms with van der Waals surface area (Å²) in [6.07, 6.45) is 4.80. The van der Waals surface area contributed by atoms with Crippen LogP contribution >= 0.6 is 0 Å². The highest BCUT2D eigenvalue weighted by Crippen LogP contribution is 2.09. The van der Waals surface area contributed by atoms with Gasteiger partial charge in [0.05, 0.1) is 22.9 Å². The first-order valence-electron chi connectivity index (χ1n) is 7.03. The molecule has 0 aliphatic rings. The van der Waals surface area contributed by atoms with Crippen LogP contribution < -0.4 is 5.32 Å². The van der Waals surface area contributed by atoms with Gasteiger partial charge in [0.25, 0.3) is 0 Å². The van der Waals surface area contributed by atoms with E-state index in [1.165, 1.54) is 6.08 Å². The molecule has 0 atom stereocenters. The molecule has 1 N–H and O–H groups in total. The second-order valence-electron chi connectivity index (χ2n) is 4.82. The lowest BCUT2D eigenvalue weighted by molar-refractivity contribution is -0.116. The minimum absolute atomic E-state index is 0.154. The van der Waals surface area contributed by atoms with Crippen LogP contribution in [-0.4, -0.2) is 15.9 Å². The number of nitrogens with one attached hydrogen (secondary N) is 1. The van der Waals surface area contributed by atoms with Crippen molar-refractivity contribution in [2.45, 2.75) is 6.54 Å². The van der Waals surface area contributed by atoms with Gasteiger partial charge in [-0.3, -0.25) is 9.78 Å². The van der Waals surface area contributed by atoms with Crippen molar-refractivity contribution < 1.29 is 4.79 Å². The fourth-order valence-corrected chi connectivity index (χ4v) is 2.06. The average Bonchev–Trinajstić information content (AvgIpc) is 2.59. The third-order valence-electron chi connectivity index (χ3n) is 3.18. The number of amides is 1. The second kappa shape index (κ2) is 6.63. The summed E-state index contributed by atoms with van der Waals surface area (Å²) in [5, 5.41) is 2.83. The number of hydrogen-bond acceptors (Lipinski definition) is 3. The zero-order valence-electron chi connectivity index (χ0n) is 11.9. The van der Waals surface area contributed by atoms with Gasteiger partial charge in [-0.25, -0.2) is 4.98 Å². The molecule has 0 radical (unpaired) electrons. The number of nitrogens with zero attached hydrogens (tertiary/aromatic N) is 2. The summed E-state index contributed by atoms with van der Waals surface area (Å²) in [4.78, 5) is 20.6. The van der Waals surface area contributed by atoms with Crippen LogP contribution in [0.2, 0.25) is 0 Å². The molecular weight excluding hydrogens is 274 g/mol. The number of para-hydroxylation sites is 2.